The maximum absolute atomic E-state index is 12.6. The third kappa shape index (κ3) is 1.74. The van der Waals surface area contributed by atoms with Crippen molar-refractivity contribution >= 4 is 11.8 Å². The van der Waals surface area contributed by atoms with Crippen LogP contribution in [0.25, 0.3) is 0 Å². The Kier molecular flexibility index (Phi) is 2.60. The van der Waals surface area contributed by atoms with Gasteiger partial charge in [0.05, 0.1) is 6.54 Å². The van der Waals surface area contributed by atoms with Crippen LogP contribution in [0.4, 0.5) is 0 Å². The Balaban J connectivity index is 1.82. The minimum absolute atomic E-state index is 0.0402. The van der Waals surface area contributed by atoms with Crippen molar-refractivity contribution in [1.82, 2.24) is 10.2 Å². The lowest BCUT2D eigenvalue weighted by Gasteiger charge is -2.48. The Morgan fingerprint density at radius 3 is 2.35 bits per heavy atom. The Bertz CT molecular complexity index is 343. The first-order chi connectivity index (χ1) is 8.21. The fourth-order valence-corrected chi connectivity index (χ4v) is 3.35. The van der Waals surface area contributed by atoms with Crippen molar-refractivity contribution in [3.63, 3.8) is 0 Å². The number of rotatable bonds is 1. The monoisotopic (exact) mass is 236 g/mol. The molecule has 3 aliphatic rings. The van der Waals surface area contributed by atoms with Gasteiger partial charge >= 0.3 is 0 Å². The summed E-state index contributed by atoms with van der Waals surface area (Å²) in [6, 6.07) is 0.340. The molecule has 0 atom stereocenters. The van der Waals surface area contributed by atoms with Gasteiger partial charge < -0.3 is 10.2 Å². The van der Waals surface area contributed by atoms with Crippen LogP contribution in [0.1, 0.15) is 51.4 Å². The predicted molar refractivity (Wildman–Crippen MR) is 63.3 cm³/mol. The summed E-state index contributed by atoms with van der Waals surface area (Å²) in [5.74, 6) is 0.236. The summed E-state index contributed by atoms with van der Waals surface area (Å²) in [7, 11) is 0. The van der Waals surface area contributed by atoms with Crippen LogP contribution in [0.2, 0.25) is 0 Å². The maximum atomic E-state index is 12.6. The number of nitrogens with one attached hydrogen (secondary N) is 1. The fourth-order valence-electron chi connectivity index (χ4n) is 3.35. The second-order valence-electron chi connectivity index (χ2n) is 5.71. The molecule has 0 bridgehead atoms. The molecular formula is C13H20N2O2. The average molecular weight is 236 g/mol. The van der Waals surface area contributed by atoms with Crippen LogP contribution in [0.15, 0.2) is 0 Å². The van der Waals surface area contributed by atoms with Crippen molar-refractivity contribution in [2.75, 3.05) is 6.54 Å². The van der Waals surface area contributed by atoms with Gasteiger partial charge in [0.2, 0.25) is 11.8 Å². The molecule has 0 unspecified atom stereocenters. The first kappa shape index (κ1) is 11.1. The maximum Gasteiger partial charge on any atom is 0.249 e. The van der Waals surface area contributed by atoms with Gasteiger partial charge in [-0.25, -0.2) is 0 Å². The highest BCUT2D eigenvalue weighted by Gasteiger charge is 2.49. The molecule has 1 N–H and O–H groups in total. The van der Waals surface area contributed by atoms with Crippen LogP contribution in [0, 0.1) is 0 Å². The molecule has 94 valence electrons. The lowest BCUT2D eigenvalue weighted by molar-refractivity contribution is -0.155. The molecule has 2 amide bonds. The molecule has 1 heterocycles. The Labute approximate surface area is 102 Å². The van der Waals surface area contributed by atoms with Crippen molar-refractivity contribution in [2.45, 2.75) is 62.9 Å². The Hall–Kier alpha value is -1.06. The molecule has 1 saturated heterocycles. The summed E-state index contributed by atoms with van der Waals surface area (Å²) in [4.78, 5) is 26.3. The molecule has 1 aliphatic heterocycles. The van der Waals surface area contributed by atoms with Crippen LogP contribution in [-0.4, -0.2) is 34.8 Å². The largest absolute Gasteiger partial charge is 0.340 e. The van der Waals surface area contributed by atoms with Crippen LogP contribution >= 0.6 is 0 Å². The molecule has 0 aromatic heterocycles. The molecule has 1 spiro atoms. The molecule has 17 heavy (non-hydrogen) atoms. The number of piperazine rings is 1. The van der Waals surface area contributed by atoms with Crippen LogP contribution in [0.3, 0.4) is 0 Å². The van der Waals surface area contributed by atoms with Crippen molar-refractivity contribution in [1.29, 1.82) is 0 Å². The molecule has 0 aromatic carbocycles. The topological polar surface area (TPSA) is 49.4 Å². The zero-order chi connectivity index (χ0) is 11.9. The summed E-state index contributed by atoms with van der Waals surface area (Å²) in [5, 5.41) is 2.98. The van der Waals surface area contributed by atoms with Gasteiger partial charge in [-0.15, -0.1) is 0 Å². The van der Waals surface area contributed by atoms with E-state index >= 15 is 0 Å². The van der Waals surface area contributed by atoms with Gasteiger partial charge in [-0.3, -0.25) is 9.59 Å². The molecule has 0 radical (unpaired) electrons. The summed E-state index contributed by atoms with van der Waals surface area (Å²) >= 11 is 0. The highest BCUT2D eigenvalue weighted by Crippen LogP contribution is 2.35. The summed E-state index contributed by atoms with van der Waals surface area (Å²) in [6.07, 6.45) is 8.33. The van der Waals surface area contributed by atoms with E-state index in [9.17, 15) is 9.59 Å². The number of carbonyl (C=O) groups is 2. The Morgan fingerprint density at radius 2 is 1.76 bits per heavy atom. The third-order valence-electron chi connectivity index (χ3n) is 4.59. The van der Waals surface area contributed by atoms with Gasteiger partial charge in [0.1, 0.15) is 5.54 Å². The van der Waals surface area contributed by atoms with Crippen LogP contribution in [-0.2, 0) is 9.59 Å². The highest BCUT2D eigenvalue weighted by molar-refractivity contribution is 5.98. The quantitative estimate of drug-likeness (QED) is 0.743. The minimum Gasteiger partial charge on any atom is -0.340 e. The van der Waals surface area contributed by atoms with Crippen molar-refractivity contribution in [3.05, 3.63) is 0 Å². The van der Waals surface area contributed by atoms with Crippen LogP contribution in [0.5, 0.6) is 0 Å². The van der Waals surface area contributed by atoms with Gasteiger partial charge in [-0.1, -0.05) is 19.3 Å². The number of nitrogens with zero attached hydrogens (tertiary/aromatic N) is 1. The third-order valence-corrected chi connectivity index (χ3v) is 4.59. The summed E-state index contributed by atoms with van der Waals surface area (Å²) in [6.45, 7) is 0.283. The molecule has 2 saturated carbocycles. The first-order valence-electron chi connectivity index (χ1n) is 6.83. The van der Waals surface area contributed by atoms with Crippen molar-refractivity contribution < 1.29 is 9.59 Å². The van der Waals surface area contributed by atoms with E-state index in [0.29, 0.717) is 6.04 Å². The van der Waals surface area contributed by atoms with Gasteiger partial charge in [0, 0.05) is 6.04 Å². The average Bonchev–Trinajstić information content (AvgIpc) is 2.24. The first-order valence-corrected chi connectivity index (χ1v) is 6.83. The smallest absolute Gasteiger partial charge is 0.249 e. The van der Waals surface area contributed by atoms with Crippen molar-refractivity contribution in [2.24, 2.45) is 0 Å². The van der Waals surface area contributed by atoms with E-state index in [1.165, 1.54) is 12.8 Å². The number of amides is 2. The van der Waals surface area contributed by atoms with E-state index in [2.05, 4.69) is 5.32 Å². The van der Waals surface area contributed by atoms with E-state index in [0.717, 1.165) is 38.5 Å². The normalized spacial score (nSPS) is 29.1. The summed E-state index contributed by atoms with van der Waals surface area (Å²) < 4.78 is 0. The van der Waals surface area contributed by atoms with Gasteiger partial charge in [0.25, 0.3) is 0 Å². The molecule has 2 aliphatic carbocycles. The lowest BCUT2D eigenvalue weighted by atomic mass is 9.78. The van der Waals surface area contributed by atoms with E-state index in [-0.39, 0.29) is 18.4 Å². The number of hydrogen-bond acceptors (Lipinski definition) is 2. The SMILES string of the molecule is O=C1CN(C2CCC2)C(=O)C2(CCCCC2)N1. The van der Waals surface area contributed by atoms with Gasteiger partial charge in [0.15, 0.2) is 0 Å². The lowest BCUT2D eigenvalue weighted by Crippen LogP contribution is -2.69. The highest BCUT2D eigenvalue weighted by atomic mass is 16.2. The van der Waals surface area contributed by atoms with E-state index in [4.69, 9.17) is 0 Å². The summed E-state index contributed by atoms with van der Waals surface area (Å²) in [5.41, 5.74) is -0.539. The molecule has 0 aromatic rings. The van der Waals surface area contributed by atoms with Crippen LogP contribution < -0.4 is 5.32 Å². The fraction of sp³-hybridized carbons (Fsp3) is 0.846. The van der Waals surface area contributed by atoms with E-state index in [1.807, 2.05) is 4.90 Å². The van der Waals surface area contributed by atoms with Gasteiger partial charge in [-0.2, -0.15) is 0 Å². The number of carbonyl (C=O) groups excluding carboxylic acids is 2. The molecule has 4 heteroatoms. The predicted octanol–water partition coefficient (Wildman–Crippen LogP) is 1.20. The second kappa shape index (κ2) is 4.00. The van der Waals surface area contributed by atoms with Gasteiger partial charge in [-0.05, 0) is 32.1 Å². The van der Waals surface area contributed by atoms with Crippen molar-refractivity contribution in [3.8, 4) is 0 Å². The minimum atomic E-state index is -0.539. The van der Waals surface area contributed by atoms with E-state index in [1.54, 1.807) is 0 Å². The molecule has 3 fully saturated rings. The molecular weight excluding hydrogens is 216 g/mol. The zero-order valence-electron chi connectivity index (χ0n) is 10.2. The standard InChI is InChI=1S/C13H20N2O2/c16-11-9-15(10-5-4-6-10)12(17)13(14-11)7-2-1-3-8-13/h10H,1-9H2,(H,14,16). The Morgan fingerprint density at radius 1 is 1.06 bits per heavy atom. The second-order valence-corrected chi connectivity index (χ2v) is 5.71. The number of hydrogen-bond donors (Lipinski definition) is 1. The molecule has 3 rings (SSSR count). The van der Waals surface area contributed by atoms with E-state index < -0.39 is 5.54 Å². The molecule has 4 nitrogen and oxygen atoms in total. The zero-order valence-corrected chi connectivity index (χ0v) is 10.2.